The molecule has 0 spiro atoms. The molecule has 0 aromatic rings. The van der Waals surface area contributed by atoms with Gasteiger partial charge in [0.15, 0.2) is 0 Å². The summed E-state index contributed by atoms with van der Waals surface area (Å²) in [6.45, 7) is 6.50. The van der Waals surface area contributed by atoms with Gasteiger partial charge in [0.05, 0.1) is 5.41 Å². The van der Waals surface area contributed by atoms with Gasteiger partial charge in [0.25, 0.3) is 0 Å². The first-order valence-corrected chi connectivity index (χ1v) is 10.3. The molecule has 0 aliphatic heterocycles. The average molecular weight is 341 g/mol. The van der Waals surface area contributed by atoms with Crippen molar-refractivity contribution in [3.63, 3.8) is 0 Å². The Morgan fingerprint density at radius 3 is 2.48 bits per heavy atom. The number of hydrogen-bond acceptors (Lipinski definition) is 2. The summed E-state index contributed by atoms with van der Waals surface area (Å²) >= 11 is 0. The molecular formula is C23H32O2. The number of hydrogen-bond donors (Lipinski definition) is 0. The fraction of sp³-hybridized carbons (Fsp3) is 0.826. The molecule has 4 fully saturated rings. The van der Waals surface area contributed by atoms with Gasteiger partial charge in [0.2, 0.25) is 0 Å². The minimum absolute atomic E-state index is 0.0254. The van der Waals surface area contributed by atoms with E-state index in [1.165, 1.54) is 19.3 Å². The Morgan fingerprint density at radius 1 is 1.08 bits per heavy atom. The van der Waals surface area contributed by atoms with Crippen molar-refractivity contribution in [1.82, 2.24) is 0 Å². The van der Waals surface area contributed by atoms with E-state index < -0.39 is 5.41 Å². The lowest BCUT2D eigenvalue weighted by molar-refractivity contribution is -0.147. The minimum Gasteiger partial charge on any atom is -0.300 e. The van der Waals surface area contributed by atoms with E-state index in [1.807, 2.05) is 0 Å². The molecule has 4 aliphatic carbocycles. The molecule has 0 radical (unpaired) electrons. The third-order valence-corrected chi connectivity index (χ3v) is 9.52. The Kier molecular flexibility index (Phi) is 3.77. The maximum atomic E-state index is 12.6. The number of rotatable bonds is 1. The second-order valence-electron chi connectivity index (χ2n) is 10.0. The van der Waals surface area contributed by atoms with E-state index >= 15 is 0 Å². The smallest absolute Gasteiger partial charge is 0.148 e. The van der Waals surface area contributed by atoms with Gasteiger partial charge < -0.3 is 0 Å². The van der Waals surface area contributed by atoms with Gasteiger partial charge in [-0.15, -0.1) is 6.42 Å². The van der Waals surface area contributed by atoms with Crippen LogP contribution in [0.1, 0.15) is 78.6 Å². The van der Waals surface area contributed by atoms with Crippen LogP contribution in [0.15, 0.2) is 0 Å². The summed E-state index contributed by atoms with van der Waals surface area (Å²) in [5, 5.41) is 0. The summed E-state index contributed by atoms with van der Waals surface area (Å²) in [4.78, 5) is 24.6. The molecule has 4 rings (SSSR count). The molecule has 0 aromatic heterocycles. The lowest BCUT2D eigenvalue weighted by Crippen LogP contribution is -2.55. The number of Topliss-reactive ketones (excluding diaryl/α,β-unsaturated/α-hetero) is 2. The third-order valence-electron chi connectivity index (χ3n) is 9.52. The molecular weight excluding hydrogens is 308 g/mol. The fourth-order valence-electron chi connectivity index (χ4n) is 8.00. The molecule has 7 atom stereocenters. The molecule has 0 aromatic carbocycles. The van der Waals surface area contributed by atoms with Gasteiger partial charge in [-0.1, -0.05) is 19.8 Å². The Balaban J connectivity index is 1.68. The van der Waals surface area contributed by atoms with E-state index in [9.17, 15) is 9.59 Å². The van der Waals surface area contributed by atoms with E-state index in [0.717, 1.165) is 44.4 Å². The maximum absolute atomic E-state index is 12.6. The van der Waals surface area contributed by atoms with Gasteiger partial charge in [0, 0.05) is 12.8 Å². The average Bonchev–Trinajstić information content (AvgIpc) is 2.89. The molecule has 2 nitrogen and oxygen atoms in total. The van der Waals surface area contributed by atoms with E-state index in [4.69, 9.17) is 6.42 Å². The summed E-state index contributed by atoms with van der Waals surface area (Å²) in [7, 11) is 0. The number of fused-ring (bicyclic) bond motifs is 5. The minimum atomic E-state index is -0.539. The SMILES string of the molecule is C#C[C@]1(C(C)=O)CC[C@H]2[C@@H]3CCC4CC(=O)CC[C@]4(C)[C@H]3CC[C@@]21C. The largest absolute Gasteiger partial charge is 0.300 e. The van der Waals surface area contributed by atoms with Crippen molar-refractivity contribution < 1.29 is 9.59 Å². The Labute approximate surface area is 152 Å². The summed E-state index contributed by atoms with van der Waals surface area (Å²) in [5.41, 5.74) is -0.235. The Bertz CT molecular complexity index is 657. The maximum Gasteiger partial charge on any atom is 0.148 e. The second-order valence-corrected chi connectivity index (χ2v) is 10.0. The van der Waals surface area contributed by atoms with E-state index in [2.05, 4.69) is 19.8 Å². The van der Waals surface area contributed by atoms with Crippen LogP contribution >= 0.6 is 0 Å². The molecule has 0 saturated heterocycles. The quantitative estimate of drug-likeness (QED) is 0.642. The summed E-state index contributed by atoms with van der Waals surface area (Å²) in [5.74, 6) is 6.27. The first kappa shape index (κ1) is 17.3. The highest BCUT2D eigenvalue weighted by atomic mass is 16.1. The van der Waals surface area contributed by atoms with Gasteiger partial charge in [-0.05, 0) is 86.4 Å². The second kappa shape index (κ2) is 5.45. The summed E-state index contributed by atoms with van der Waals surface area (Å²) in [6, 6.07) is 0. The molecule has 2 heteroatoms. The summed E-state index contributed by atoms with van der Waals surface area (Å²) in [6.07, 6.45) is 15.3. The van der Waals surface area contributed by atoms with Crippen LogP contribution in [-0.4, -0.2) is 11.6 Å². The van der Waals surface area contributed by atoms with Crippen molar-refractivity contribution in [1.29, 1.82) is 0 Å². The highest BCUT2D eigenvalue weighted by Crippen LogP contribution is 2.70. The predicted octanol–water partition coefficient (Wildman–Crippen LogP) is 4.81. The van der Waals surface area contributed by atoms with Crippen LogP contribution in [0.3, 0.4) is 0 Å². The van der Waals surface area contributed by atoms with Crippen LogP contribution in [0.2, 0.25) is 0 Å². The zero-order valence-electron chi connectivity index (χ0n) is 16.1. The zero-order valence-corrected chi connectivity index (χ0v) is 16.1. The van der Waals surface area contributed by atoms with Gasteiger partial charge in [-0.25, -0.2) is 0 Å². The van der Waals surface area contributed by atoms with E-state index in [1.54, 1.807) is 6.92 Å². The van der Waals surface area contributed by atoms with Gasteiger partial charge in [-0.2, -0.15) is 0 Å². The monoisotopic (exact) mass is 340 g/mol. The third kappa shape index (κ3) is 2.05. The highest BCUT2D eigenvalue weighted by Gasteiger charge is 2.65. The van der Waals surface area contributed by atoms with Crippen molar-refractivity contribution in [2.75, 3.05) is 0 Å². The predicted molar refractivity (Wildman–Crippen MR) is 98.7 cm³/mol. The van der Waals surface area contributed by atoms with Crippen LogP contribution in [0.4, 0.5) is 0 Å². The van der Waals surface area contributed by atoms with Crippen LogP contribution in [0.25, 0.3) is 0 Å². The van der Waals surface area contributed by atoms with Crippen molar-refractivity contribution >= 4 is 11.6 Å². The molecule has 1 unspecified atom stereocenters. The van der Waals surface area contributed by atoms with E-state index in [-0.39, 0.29) is 11.2 Å². The summed E-state index contributed by atoms with van der Waals surface area (Å²) < 4.78 is 0. The topological polar surface area (TPSA) is 34.1 Å². The molecule has 4 saturated carbocycles. The van der Waals surface area contributed by atoms with Crippen molar-refractivity contribution in [3.8, 4) is 12.3 Å². The molecule has 4 aliphatic rings. The highest BCUT2D eigenvalue weighted by molar-refractivity contribution is 5.87. The van der Waals surface area contributed by atoms with Crippen molar-refractivity contribution in [2.24, 2.45) is 39.9 Å². The van der Waals surface area contributed by atoms with Crippen molar-refractivity contribution in [2.45, 2.75) is 78.6 Å². The lowest BCUT2D eigenvalue weighted by Gasteiger charge is -2.61. The normalized spacial score (nSPS) is 51.8. The molecule has 136 valence electrons. The fourth-order valence-corrected chi connectivity index (χ4v) is 8.00. The van der Waals surface area contributed by atoms with Crippen molar-refractivity contribution in [3.05, 3.63) is 0 Å². The van der Waals surface area contributed by atoms with Crippen LogP contribution in [-0.2, 0) is 9.59 Å². The lowest BCUT2D eigenvalue weighted by atomic mass is 9.43. The van der Waals surface area contributed by atoms with Crippen LogP contribution < -0.4 is 0 Å². The van der Waals surface area contributed by atoms with Gasteiger partial charge in [-0.3, -0.25) is 9.59 Å². The Hall–Kier alpha value is -1.10. The first-order valence-electron chi connectivity index (χ1n) is 10.3. The number of ketones is 2. The number of terminal acetylenes is 1. The van der Waals surface area contributed by atoms with E-state index in [0.29, 0.717) is 29.0 Å². The van der Waals surface area contributed by atoms with Crippen LogP contribution in [0.5, 0.6) is 0 Å². The van der Waals surface area contributed by atoms with Gasteiger partial charge in [0.1, 0.15) is 11.6 Å². The number of carbonyl (C=O) groups is 2. The van der Waals surface area contributed by atoms with Crippen LogP contribution in [0, 0.1) is 52.3 Å². The molecule has 0 bridgehead atoms. The molecule has 0 amide bonds. The zero-order chi connectivity index (χ0) is 18.0. The molecule has 0 N–H and O–H groups in total. The standard InChI is InChI=1S/C23H32O2/c1-5-23(15(2)24)13-10-20-18-7-6-16-14-17(25)8-11-21(16,3)19(18)9-12-22(20,23)4/h1,16,18-20H,6-14H2,2-4H3/t16?,18-,19+,20+,21+,22+,23-/m1/s1. The van der Waals surface area contributed by atoms with Gasteiger partial charge >= 0.3 is 0 Å². The Morgan fingerprint density at radius 2 is 1.80 bits per heavy atom. The first-order chi connectivity index (χ1) is 11.8. The molecule has 25 heavy (non-hydrogen) atoms. The number of carbonyl (C=O) groups excluding carboxylic acids is 2. The molecule has 0 heterocycles.